The molecule has 0 radical (unpaired) electrons. The van der Waals surface area contributed by atoms with E-state index in [-0.39, 0.29) is 12.7 Å². The van der Waals surface area contributed by atoms with Crippen LogP contribution in [0.25, 0.3) is 16.3 Å². The second kappa shape index (κ2) is 7.73. The third-order valence-electron chi connectivity index (χ3n) is 4.75. The number of hydrogen-bond donors (Lipinski definition) is 1. The van der Waals surface area contributed by atoms with E-state index in [2.05, 4.69) is 10.2 Å². The lowest BCUT2D eigenvalue weighted by Crippen LogP contribution is -2.36. The Morgan fingerprint density at radius 2 is 1.97 bits per heavy atom. The van der Waals surface area contributed by atoms with Gasteiger partial charge in [0.15, 0.2) is 16.6 Å². The molecule has 2 aliphatic heterocycles. The number of thiazole rings is 1. The molecule has 2 aromatic carbocycles. The molecule has 1 amide bonds. The third-order valence-corrected chi connectivity index (χ3v) is 5.83. The van der Waals surface area contributed by atoms with Gasteiger partial charge in [0.1, 0.15) is 0 Å². The van der Waals surface area contributed by atoms with Crippen LogP contribution in [0.5, 0.6) is 11.5 Å². The number of rotatable bonds is 4. The van der Waals surface area contributed by atoms with Crippen LogP contribution in [-0.2, 0) is 9.53 Å². The number of ether oxygens (including phenoxy) is 3. The normalized spacial score (nSPS) is 15.9. The predicted molar refractivity (Wildman–Crippen MR) is 113 cm³/mol. The molecule has 0 saturated carbocycles. The van der Waals surface area contributed by atoms with Crippen LogP contribution in [0, 0.1) is 0 Å². The second-order valence-corrected chi connectivity index (χ2v) is 7.72. The van der Waals surface area contributed by atoms with E-state index in [4.69, 9.17) is 19.2 Å². The van der Waals surface area contributed by atoms with E-state index in [1.165, 1.54) is 6.08 Å². The summed E-state index contributed by atoms with van der Waals surface area (Å²) in [6, 6.07) is 11.3. The number of benzene rings is 2. The Balaban J connectivity index is 1.27. The average Bonchev–Trinajstić information content (AvgIpc) is 3.39. The van der Waals surface area contributed by atoms with E-state index in [9.17, 15) is 4.79 Å². The lowest BCUT2D eigenvalue weighted by molar-refractivity contribution is -0.111. The molecule has 2 aliphatic rings. The number of carbonyl (C=O) groups is 1. The Bertz CT molecular complexity index is 1090. The van der Waals surface area contributed by atoms with Crippen LogP contribution < -0.4 is 19.7 Å². The Labute approximate surface area is 171 Å². The van der Waals surface area contributed by atoms with Crippen molar-refractivity contribution in [3.8, 4) is 11.5 Å². The minimum atomic E-state index is -0.195. The van der Waals surface area contributed by atoms with E-state index < -0.39 is 0 Å². The van der Waals surface area contributed by atoms with Crippen molar-refractivity contribution in [2.75, 3.05) is 43.3 Å². The largest absolute Gasteiger partial charge is 0.454 e. The van der Waals surface area contributed by atoms with E-state index in [1.54, 1.807) is 17.4 Å². The lowest BCUT2D eigenvalue weighted by atomic mass is 10.2. The molecular formula is C21H19N3O4S. The fraction of sp³-hybridized carbons (Fsp3) is 0.238. The van der Waals surface area contributed by atoms with Gasteiger partial charge in [-0.3, -0.25) is 4.79 Å². The molecule has 3 aromatic rings. The number of fused-ring (bicyclic) bond motifs is 2. The maximum absolute atomic E-state index is 12.3. The Kier molecular flexibility index (Phi) is 4.79. The summed E-state index contributed by atoms with van der Waals surface area (Å²) in [5, 5.41) is 3.90. The molecule has 8 heteroatoms. The van der Waals surface area contributed by atoms with Crippen molar-refractivity contribution in [2.24, 2.45) is 0 Å². The highest BCUT2D eigenvalue weighted by Gasteiger charge is 2.16. The molecule has 0 aliphatic carbocycles. The summed E-state index contributed by atoms with van der Waals surface area (Å²) in [7, 11) is 0. The van der Waals surface area contributed by atoms with Gasteiger partial charge in [-0.15, -0.1) is 0 Å². The average molecular weight is 409 g/mol. The summed E-state index contributed by atoms with van der Waals surface area (Å²) in [5.74, 6) is 1.22. The van der Waals surface area contributed by atoms with Gasteiger partial charge < -0.3 is 24.4 Å². The van der Waals surface area contributed by atoms with Gasteiger partial charge in [0.2, 0.25) is 12.7 Å². The molecular weight excluding hydrogens is 390 g/mol. The van der Waals surface area contributed by atoms with Gasteiger partial charge in [0.25, 0.3) is 0 Å². The van der Waals surface area contributed by atoms with Crippen molar-refractivity contribution in [3.05, 3.63) is 48.0 Å². The highest BCUT2D eigenvalue weighted by Crippen LogP contribution is 2.33. The number of aromatic nitrogens is 1. The molecule has 1 aromatic heterocycles. The fourth-order valence-electron chi connectivity index (χ4n) is 3.25. The summed E-state index contributed by atoms with van der Waals surface area (Å²) in [6.45, 7) is 3.40. The summed E-state index contributed by atoms with van der Waals surface area (Å²) in [5.41, 5.74) is 2.55. The van der Waals surface area contributed by atoms with Gasteiger partial charge >= 0.3 is 0 Å². The van der Waals surface area contributed by atoms with Gasteiger partial charge in [-0.25, -0.2) is 4.98 Å². The molecule has 0 spiro atoms. The number of hydrogen-bond acceptors (Lipinski definition) is 7. The summed E-state index contributed by atoms with van der Waals surface area (Å²) >= 11 is 1.63. The standard InChI is InChI=1S/C21H19N3O4S/c25-20(6-2-14-1-5-17-18(11-14)28-13-27-17)22-15-3-4-16-19(12-15)29-21(23-16)24-7-9-26-10-8-24/h1-6,11-12H,7-10,13H2,(H,22,25). The molecule has 148 valence electrons. The topological polar surface area (TPSA) is 72.9 Å². The SMILES string of the molecule is O=C(C=Cc1ccc2c(c1)OCO2)Nc1ccc2nc(N3CCOCC3)sc2c1. The second-order valence-electron chi connectivity index (χ2n) is 6.71. The zero-order valence-corrected chi connectivity index (χ0v) is 16.4. The Morgan fingerprint density at radius 3 is 2.86 bits per heavy atom. The zero-order chi connectivity index (χ0) is 19.6. The van der Waals surface area contributed by atoms with Crippen LogP contribution in [0.2, 0.25) is 0 Å². The van der Waals surface area contributed by atoms with Crippen LogP contribution in [0.4, 0.5) is 10.8 Å². The molecule has 3 heterocycles. The summed E-state index contributed by atoms with van der Waals surface area (Å²) in [6.07, 6.45) is 3.26. The first kappa shape index (κ1) is 18.0. The van der Waals surface area contributed by atoms with Crippen molar-refractivity contribution >= 4 is 44.4 Å². The first-order chi connectivity index (χ1) is 14.2. The maximum Gasteiger partial charge on any atom is 0.248 e. The number of nitrogens with one attached hydrogen (secondary N) is 1. The monoisotopic (exact) mass is 409 g/mol. The number of nitrogens with zero attached hydrogens (tertiary/aromatic N) is 2. The lowest BCUT2D eigenvalue weighted by Gasteiger charge is -2.25. The predicted octanol–water partition coefficient (Wildman–Crippen LogP) is 3.51. The van der Waals surface area contributed by atoms with Gasteiger partial charge in [-0.1, -0.05) is 17.4 Å². The van der Waals surface area contributed by atoms with E-state index in [1.807, 2.05) is 36.4 Å². The van der Waals surface area contributed by atoms with Gasteiger partial charge in [-0.05, 0) is 42.0 Å². The van der Waals surface area contributed by atoms with Crippen LogP contribution in [0.3, 0.4) is 0 Å². The molecule has 5 rings (SSSR count). The van der Waals surface area contributed by atoms with Crippen molar-refractivity contribution in [2.45, 2.75) is 0 Å². The van der Waals surface area contributed by atoms with Crippen molar-refractivity contribution in [1.82, 2.24) is 4.98 Å². The minimum absolute atomic E-state index is 0.195. The number of morpholine rings is 1. The van der Waals surface area contributed by atoms with Gasteiger partial charge in [-0.2, -0.15) is 0 Å². The highest BCUT2D eigenvalue weighted by molar-refractivity contribution is 7.22. The molecule has 0 bridgehead atoms. The maximum atomic E-state index is 12.3. The first-order valence-corrected chi connectivity index (χ1v) is 10.2. The minimum Gasteiger partial charge on any atom is -0.454 e. The zero-order valence-electron chi connectivity index (χ0n) is 15.6. The summed E-state index contributed by atoms with van der Waals surface area (Å²) in [4.78, 5) is 19.3. The summed E-state index contributed by atoms with van der Waals surface area (Å²) < 4.78 is 17.1. The molecule has 1 N–H and O–H groups in total. The van der Waals surface area contributed by atoms with Gasteiger partial charge in [0.05, 0.1) is 23.4 Å². The smallest absolute Gasteiger partial charge is 0.248 e. The molecule has 29 heavy (non-hydrogen) atoms. The molecule has 7 nitrogen and oxygen atoms in total. The quantitative estimate of drug-likeness (QED) is 0.665. The number of amides is 1. The van der Waals surface area contributed by atoms with Crippen LogP contribution in [0.15, 0.2) is 42.5 Å². The first-order valence-electron chi connectivity index (χ1n) is 9.37. The third kappa shape index (κ3) is 3.90. The van der Waals surface area contributed by atoms with E-state index >= 15 is 0 Å². The molecule has 1 saturated heterocycles. The molecule has 1 fully saturated rings. The van der Waals surface area contributed by atoms with Crippen LogP contribution in [-0.4, -0.2) is 44.0 Å². The van der Waals surface area contributed by atoms with Gasteiger partial charge in [0, 0.05) is 24.9 Å². The molecule has 0 atom stereocenters. The highest BCUT2D eigenvalue weighted by atomic mass is 32.1. The van der Waals surface area contributed by atoms with Crippen LogP contribution >= 0.6 is 11.3 Å². The molecule has 0 unspecified atom stereocenters. The van der Waals surface area contributed by atoms with Crippen molar-refractivity contribution in [1.29, 1.82) is 0 Å². The van der Waals surface area contributed by atoms with Crippen molar-refractivity contribution < 1.29 is 19.0 Å². The van der Waals surface area contributed by atoms with Crippen molar-refractivity contribution in [3.63, 3.8) is 0 Å². The Morgan fingerprint density at radius 1 is 1.10 bits per heavy atom. The number of carbonyl (C=O) groups excluding carboxylic acids is 1. The number of anilines is 2. The Hall–Kier alpha value is -3.10. The van der Waals surface area contributed by atoms with E-state index in [0.717, 1.165) is 58.7 Å². The van der Waals surface area contributed by atoms with Crippen LogP contribution in [0.1, 0.15) is 5.56 Å². The van der Waals surface area contributed by atoms with E-state index in [0.29, 0.717) is 5.75 Å². The fourth-order valence-corrected chi connectivity index (χ4v) is 4.31.